The third-order valence-corrected chi connectivity index (χ3v) is 2.28. The summed E-state index contributed by atoms with van der Waals surface area (Å²) in [5.74, 6) is -0.488. The van der Waals surface area contributed by atoms with Gasteiger partial charge in [0.05, 0.1) is 0 Å². The molecule has 4 heteroatoms. The molecule has 0 aliphatic rings. The van der Waals surface area contributed by atoms with Crippen molar-refractivity contribution in [2.45, 2.75) is 6.92 Å². The first-order chi connectivity index (χ1) is 6.50. The number of carbonyl (C=O) groups excluding carboxylic acids is 1. The smallest absolute Gasteiger partial charge is 0.158 e. The van der Waals surface area contributed by atoms with E-state index in [0.717, 1.165) is 0 Å². The van der Waals surface area contributed by atoms with Crippen molar-refractivity contribution < 1.29 is 15.0 Å². The Balaban J connectivity index is 3.10. The number of hydrogen-bond donors (Lipinski definition) is 2. The third kappa shape index (κ3) is 2.60. The van der Waals surface area contributed by atoms with E-state index in [2.05, 4.69) is 15.9 Å². The molecule has 0 unspecified atom stereocenters. The summed E-state index contributed by atoms with van der Waals surface area (Å²) in [5, 5.41) is 18.3. The van der Waals surface area contributed by atoms with Crippen molar-refractivity contribution in [2.75, 3.05) is 0 Å². The van der Waals surface area contributed by atoms with E-state index in [4.69, 9.17) is 5.11 Å². The van der Waals surface area contributed by atoms with Crippen molar-refractivity contribution in [3.8, 4) is 11.5 Å². The van der Waals surface area contributed by atoms with Crippen LogP contribution in [-0.2, 0) is 4.79 Å². The van der Waals surface area contributed by atoms with Crippen LogP contribution in [-0.4, -0.2) is 16.0 Å². The first kappa shape index (κ1) is 10.8. The van der Waals surface area contributed by atoms with Crippen LogP contribution < -0.4 is 0 Å². The Labute approximate surface area is 89.8 Å². The minimum absolute atomic E-state index is 0.0792. The van der Waals surface area contributed by atoms with Gasteiger partial charge in [0.15, 0.2) is 17.3 Å². The Morgan fingerprint density at radius 1 is 1.36 bits per heavy atom. The lowest BCUT2D eigenvalue weighted by molar-refractivity contribution is -0.112. The molecule has 0 saturated heterocycles. The number of carbonyl (C=O) groups is 1. The SMILES string of the molecule is CC(=O)C=Cc1cc(O)c(O)cc1Br. The fourth-order valence-corrected chi connectivity index (χ4v) is 1.37. The van der Waals surface area contributed by atoms with Gasteiger partial charge in [-0.3, -0.25) is 4.79 Å². The first-order valence-corrected chi connectivity index (χ1v) is 4.70. The summed E-state index contributed by atoms with van der Waals surface area (Å²) in [6.45, 7) is 1.44. The van der Waals surface area contributed by atoms with Gasteiger partial charge in [-0.2, -0.15) is 0 Å². The highest BCUT2D eigenvalue weighted by Crippen LogP contribution is 2.31. The summed E-state index contributed by atoms with van der Waals surface area (Å²) >= 11 is 3.20. The fourth-order valence-electron chi connectivity index (χ4n) is 0.902. The van der Waals surface area contributed by atoms with Gasteiger partial charge in [-0.25, -0.2) is 0 Å². The highest BCUT2D eigenvalue weighted by atomic mass is 79.9. The van der Waals surface area contributed by atoms with Crippen molar-refractivity contribution in [1.82, 2.24) is 0 Å². The fraction of sp³-hybridized carbons (Fsp3) is 0.100. The molecule has 1 aromatic rings. The molecule has 0 aliphatic heterocycles. The zero-order valence-electron chi connectivity index (χ0n) is 7.49. The maximum Gasteiger partial charge on any atom is 0.158 e. The lowest BCUT2D eigenvalue weighted by Crippen LogP contribution is -1.82. The van der Waals surface area contributed by atoms with Crippen molar-refractivity contribution in [3.63, 3.8) is 0 Å². The van der Waals surface area contributed by atoms with Gasteiger partial charge >= 0.3 is 0 Å². The van der Waals surface area contributed by atoms with E-state index in [0.29, 0.717) is 10.0 Å². The standard InChI is InChI=1S/C10H9BrO3/c1-6(12)2-3-7-4-9(13)10(14)5-8(7)11/h2-5,13-14H,1H3. The van der Waals surface area contributed by atoms with E-state index < -0.39 is 0 Å². The van der Waals surface area contributed by atoms with Gasteiger partial charge in [-0.15, -0.1) is 0 Å². The van der Waals surface area contributed by atoms with E-state index in [-0.39, 0.29) is 17.3 Å². The second-order valence-electron chi connectivity index (χ2n) is 2.81. The van der Waals surface area contributed by atoms with Gasteiger partial charge in [0.1, 0.15) is 0 Å². The second kappa shape index (κ2) is 4.28. The van der Waals surface area contributed by atoms with E-state index >= 15 is 0 Å². The van der Waals surface area contributed by atoms with Crippen LogP contribution in [0, 0.1) is 0 Å². The second-order valence-corrected chi connectivity index (χ2v) is 3.66. The van der Waals surface area contributed by atoms with Gasteiger partial charge in [0, 0.05) is 4.47 Å². The van der Waals surface area contributed by atoms with Gasteiger partial charge in [-0.05, 0) is 30.7 Å². The Hall–Kier alpha value is -1.29. The molecule has 0 saturated carbocycles. The number of phenols is 2. The number of halogens is 1. The molecule has 0 fully saturated rings. The molecule has 2 N–H and O–H groups in total. The van der Waals surface area contributed by atoms with Crippen LogP contribution in [0.5, 0.6) is 11.5 Å². The van der Waals surface area contributed by atoms with Gasteiger partial charge in [-0.1, -0.05) is 22.0 Å². The zero-order chi connectivity index (χ0) is 10.7. The maximum atomic E-state index is 10.7. The van der Waals surface area contributed by atoms with E-state index in [9.17, 15) is 9.90 Å². The van der Waals surface area contributed by atoms with Crippen LogP contribution in [0.3, 0.4) is 0 Å². The van der Waals surface area contributed by atoms with E-state index in [1.807, 2.05) is 0 Å². The van der Waals surface area contributed by atoms with Gasteiger partial charge < -0.3 is 10.2 Å². The molecule has 0 atom stereocenters. The number of allylic oxidation sites excluding steroid dienone is 1. The summed E-state index contributed by atoms with van der Waals surface area (Å²) in [5.41, 5.74) is 0.635. The van der Waals surface area contributed by atoms with E-state index in [1.165, 1.54) is 25.1 Å². The van der Waals surface area contributed by atoms with Crippen LogP contribution in [0.4, 0.5) is 0 Å². The monoisotopic (exact) mass is 256 g/mol. The molecule has 0 spiro atoms. The number of hydrogen-bond acceptors (Lipinski definition) is 3. The molecule has 0 aromatic heterocycles. The molecule has 0 radical (unpaired) electrons. The molecule has 1 rings (SSSR count). The Bertz CT molecular complexity index is 397. The molecule has 0 amide bonds. The minimum Gasteiger partial charge on any atom is -0.504 e. The molecule has 0 heterocycles. The molecule has 3 nitrogen and oxygen atoms in total. The number of rotatable bonds is 2. The van der Waals surface area contributed by atoms with Crippen molar-refractivity contribution >= 4 is 27.8 Å². The minimum atomic E-state index is -0.212. The summed E-state index contributed by atoms with van der Waals surface area (Å²) in [6, 6.07) is 2.74. The van der Waals surface area contributed by atoms with Gasteiger partial charge in [0.2, 0.25) is 0 Å². The summed E-state index contributed by atoms with van der Waals surface area (Å²) in [4.78, 5) is 10.7. The molecule has 14 heavy (non-hydrogen) atoms. The molecule has 1 aromatic carbocycles. The number of benzene rings is 1. The number of ketones is 1. The summed E-state index contributed by atoms with van der Waals surface area (Å²) < 4.78 is 0.616. The summed E-state index contributed by atoms with van der Waals surface area (Å²) in [7, 11) is 0. The Morgan fingerprint density at radius 3 is 2.50 bits per heavy atom. The summed E-state index contributed by atoms with van der Waals surface area (Å²) in [6.07, 6.45) is 2.95. The predicted octanol–water partition coefficient (Wildman–Crippen LogP) is 2.46. The van der Waals surface area contributed by atoms with Crippen molar-refractivity contribution in [1.29, 1.82) is 0 Å². The topological polar surface area (TPSA) is 57.5 Å². The van der Waals surface area contributed by atoms with E-state index in [1.54, 1.807) is 6.08 Å². The highest BCUT2D eigenvalue weighted by molar-refractivity contribution is 9.10. The van der Waals surface area contributed by atoms with Crippen molar-refractivity contribution in [3.05, 3.63) is 28.2 Å². The lowest BCUT2D eigenvalue weighted by Gasteiger charge is -2.01. The normalized spacial score (nSPS) is 10.7. The Kier molecular flexibility index (Phi) is 3.30. The lowest BCUT2D eigenvalue weighted by atomic mass is 10.2. The third-order valence-electron chi connectivity index (χ3n) is 1.59. The van der Waals surface area contributed by atoms with Gasteiger partial charge in [0.25, 0.3) is 0 Å². The molecular weight excluding hydrogens is 248 g/mol. The number of aromatic hydroxyl groups is 2. The van der Waals surface area contributed by atoms with Crippen LogP contribution in [0.2, 0.25) is 0 Å². The molecule has 74 valence electrons. The molecule has 0 bridgehead atoms. The number of phenolic OH excluding ortho intramolecular Hbond substituents is 2. The molecular formula is C10H9BrO3. The van der Waals surface area contributed by atoms with Crippen molar-refractivity contribution in [2.24, 2.45) is 0 Å². The van der Waals surface area contributed by atoms with Crippen LogP contribution in [0.25, 0.3) is 6.08 Å². The average Bonchev–Trinajstić information content (AvgIpc) is 2.09. The van der Waals surface area contributed by atoms with Crippen LogP contribution in [0.1, 0.15) is 12.5 Å². The predicted molar refractivity (Wildman–Crippen MR) is 57.2 cm³/mol. The zero-order valence-corrected chi connectivity index (χ0v) is 9.08. The highest BCUT2D eigenvalue weighted by Gasteiger charge is 2.03. The quantitative estimate of drug-likeness (QED) is 0.632. The maximum absolute atomic E-state index is 10.7. The largest absolute Gasteiger partial charge is 0.504 e. The molecule has 0 aliphatic carbocycles. The van der Waals surface area contributed by atoms with Crippen LogP contribution in [0.15, 0.2) is 22.7 Å². The first-order valence-electron chi connectivity index (χ1n) is 3.91. The average molecular weight is 257 g/mol. The Morgan fingerprint density at radius 2 is 1.93 bits per heavy atom. The van der Waals surface area contributed by atoms with Crippen LogP contribution >= 0.6 is 15.9 Å².